The van der Waals surface area contributed by atoms with Crippen molar-refractivity contribution in [2.75, 3.05) is 5.73 Å². The van der Waals surface area contributed by atoms with E-state index in [0.29, 0.717) is 16.8 Å². The highest BCUT2D eigenvalue weighted by Crippen LogP contribution is 2.19. The number of rotatable bonds is 3. The molecule has 0 aliphatic carbocycles. The van der Waals surface area contributed by atoms with Crippen molar-refractivity contribution in [3.05, 3.63) is 63.9 Å². The number of hydrogen-bond donors (Lipinski definition) is 2. The predicted octanol–water partition coefficient (Wildman–Crippen LogP) is 3.66. The van der Waals surface area contributed by atoms with E-state index in [9.17, 15) is 9.18 Å². The molecule has 2 aromatic rings. The van der Waals surface area contributed by atoms with Gasteiger partial charge in [0.2, 0.25) is 0 Å². The van der Waals surface area contributed by atoms with Gasteiger partial charge in [-0.1, -0.05) is 28.1 Å². The Morgan fingerprint density at radius 3 is 2.70 bits per heavy atom. The Morgan fingerprint density at radius 2 is 2.05 bits per heavy atom. The number of nitrogens with two attached hydrogens (primary N) is 1. The van der Waals surface area contributed by atoms with Crippen molar-refractivity contribution in [3.8, 4) is 0 Å². The van der Waals surface area contributed by atoms with Crippen LogP contribution >= 0.6 is 15.9 Å². The van der Waals surface area contributed by atoms with E-state index in [-0.39, 0.29) is 17.8 Å². The molecule has 0 aromatic heterocycles. The van der Waals surface area contributed by atoms with Gasteiger partial charge in [-0.05, 0) is 42.8 Å². The van der Waals surface area contributed by atoms with Crippen molar-refractivity contribution < 1.29 is 9.18 Å². The second-order valence-electron chi connectivity index (χ2n) is 4.52. The zero-order valence-electron chi connectivity index (χ0n) is 10.9. The second kappa shape index (κ2) is 6.05. The normalized spacial score (nSPS) is 11.9. The minimum atomic E-state index is -0.324. The molecule has 20 heavy (non-hydrogen) atoms. The molecule has 0 saturated carbocycles. The van der Waals surface area contributed by atoms with Gasteiger partial charge in [0.25, 0.3) is 5.91 Å². The van der Waals surface area contributed by atoms with E-state index in [0.717, 1.165) is 4.47 Å². The summed E-state index contributed by atoms with van der Waals surface area (Å²) in [5.41, 5.74) is 7.37. The minimum Gasteiger partial charge on any atom is -0.399 e. The van der Waals surface area contributed by atoms with E-state index in [1.54, 1.807) is 37.3 Å². The number of amides is 1. The topological polar surface area (TPSA) is 55.1 Å². The summed E-state index contributed by atoms with van der Waals surface area (Å²) in [4.78, 5) is 12.1. The van der Waals surface area contributed by atoms with Crippen molar-refractivity contribution in [1.82, 2.24) is 5.32 Å². The van der Waals surface area contributed by atoms with Crippen molar-refractivity contribution in [2.24, 2.45) is 0 Å². The lowest BCUT2D eigenvalue weighted by Crippen LogP contribution is -2.26. The van der Waals surface area contributed by atoms with Gasteiger partial charge in [-0.3, -0.25) is 4.79 Å². The zero-order valence-corrected chi connectivity index (χ0v) is 12.4. The van der Waals surface area contributed by atoms with Crippen LogP contribution in [0.15, 0.2) is 46.9 Å². The van der Waals surface area contributed by atoms with Gasteiger partial charge in [0.05, 0.1) is 6.04 Å². The first-order chi connectivity index (χ1) is 9.45. The van der Waals surface area contributed by atoms with Crippen LogP contribution in [-0.2, 0) is 0 Å². The van der Waals surface area contributed by atoms with Crippen LogP contribution in [0, 0.1) is 5.82 Å². The highest BCUT2D eigenvalue weighted by atomic mass is 79.9. The summed E-state index contributed by atoms with van der Waals surface area (Å²) in [5, 5.41) is 2.81. The number of carbonyl (C=O) groups is 1. The van der Waals surface area contributed by atoms with Crippen molar-refractivity contribution in [3.63, 3.8) is 0 Å². The molecule has 1 amide bonds. The van der Waals surface area contributed by atoms with E-state index < -0.39 is 0 Å². The van der Waals surface area contributed by atoms with Crippen LogP contribution in [0.25, 0.3) is 0 Å². The molecule has 1 atom stereocenters. The lowest BCUT2D eigenvalue weighted by molar-refractivity contribution is 0.0940. The quantitative estimate of drug-likeness (QED) is 0.840. The summed E-state index contributed by atoms with van der Waals surface area (Å²) < 4.78 is 13.9. The molecule has 2 aromatic carbocycles. The van der Waals surface area contributed by atoms with Crippen LogP contribution in [0.3, 0.4) is 0 Å². The van der Waals surface area contributed by atoms with Crippen LogP contribution in [0.5, 0.6) is 0 Å². The molecule has 0 aliphatic heterocycles. The molecular weight excluding hydrogens is 323 g/mol. The Labute approximate surface area is 125 Å². The third-order valence-corrected chi connectivity index (χ3v) is 3.34. The Kier molecular flexibility index (Phi) is 4.39. The molecule has 0 bridgehead atoms. The molecule has 0 radical (unpaired) electrons. The molecular formula is C15H14BrFN2O. The lowest BCUT2D eigenvalue weighted by Gasteiger charge is -2.15. The van der Waals surface area contributed by atoms with Gasteiger partial charge in [0.1, 0.15) is 5.82 Å². The summed E-state index contributed by atoms with van der Waals surface area (Å²) in [5.74, 6) is -0.579. The SMILES string of the molecule is C[C@H](NC(=O)c1cc(N)cc(Br)c1)c1cccc(F)c1. The van der Waals surface area contributed by atoms with Crippen LogP contribution in [-0.4, -0.2) is 5.91 Å². The first-order valence-corrected chi connectivity index (χ1v) is 6.87. The summed E-state index contributed by atoms with van der Waals surface area (Å²) in [7, 11) is 0. The van der Waals surface area contributed by atoms with Gasteiger partial charge in [0.15, 0.2) is 0 Å². The highest BCUT2D eigenvalue weighted by Gasteiger charge is 2.12. The van der Waals surface area contributed by atoms with Crippen molar-refractivity contribution in [1.29, 1.82) is 0 Å². The summed E-state index contributed by atoms with van der Waals surface area (Å²) in [6, 6.07) is 10.9. The Balaban J connectivity index is 2.15. The van der Waals surface area contributed by atoms with E-state index in [4.69, 9.17) is 5.73 Å². The van der Waals surface area contributed by atoms with Gasteiger partial charge in [-0.2, -0.15) is 0 Å². The maximum absolute atomic E-state index is 13.2. The van der Waals surface area contributed by atoms with Crippen molar-refractivity contribution in [2.45, 2.75) is 13.0 Å². The Bertz CT molecular complexity index is 625. The third-order valence-electron chi connectivity index (χ3n) is 2.88. The summed E-state index contributed by atoms with van der Waals surface area (Å²) in [6.45, 7) is 1.80. The van der Waals surface area contributed by atoms with Gasteiger partial charge in [-0.25, -0.2) is 4.39 Å². The average molecular weight is 337 g/mol. The third kappa shape index (κ3) is 3.57. The van der Waals surface area contributed by atoms with E-state index >= 15 is 0 Å². The summed E-state index contributed by atoms with van der Waals surface area (Å²) >= 11 is 3.29. The lowest BCUT2D eigenvalue weighted by atomic mass is 10.1. The van der Waals surface area contributed by atoms with Gasteiger partial charge < -0.3 is 11.1 Å². The van der Waals surface area contributed by atoms with Gasteiger partial charge in [0, 0.05) is 15.7 Å². The number of nitrogen functional groups attached to an aromatic ring is 1. The number of benzene rings is 2. The molecule has 0 unspecified atom stereocenters. The Hall–Kier alpha value is -1.88. The number of halogens is 2. The smallest absolute Gasteiger partial charge is 0.251 e. The molecule has 2 rings (SSSR count). The molecule has 0 heterocycles. The first kappa shape index (κ1) is 14.5. The van der Waals surface area contributed by atoms with Gasteiger partial charge >= 0.3 is 0 Å². The number of carbonyl (C=O) groups excluding carboxylic acids is 1. The predicted molar refractivity (Wildman–Crippen MR) is 80.8 cm³/mol. The van der Waals surface area contributed by atoms with E-state index in [1.807, 2.05) is 0 Å². The fraction of sp³-hybridized carbons (Fsp3) is 0.133. The number of nitrogens with one attached hydrogen (secondary N) is 1. The second-order valence-corrected chi connectivity index (χ2v) is 5.44. The zero-order chi connectivity index (χ0) is 14.7. The molecule has 3 nitrogen and oxygen atoms in total. The monoisotopic (exact) mass is 336 g/mol. The fourth-order valence-electron chi connectivity index (χ4n) is 1.88. The maximum atomic E-state index is 13.2. The van der Waals surface area contributed by atoms with Crippen LogP contribution in [0.2, 0.25) is 0 Å². The van der Waals surface area contributed by atoms with Crippen LogP contribution < -0.4 is 11.1 Å². The van der Waals surface area contributed by atoms with Crippen LogP contribution in [0.1, 0.15) is 28.9 Å². The summed E-state index contributed by atoms with van der Waals surface area (Å²) in [6.07, 6.45) is 0. The standard InChI is InChI=1S/C15H14BrFN2O/c1-9(10-3-2-4-13(17)6-10)19-15(20)11-5-12(16)8-14(18)7-11/h2-9H,18H2,1H3,(H,19,20)/t9-/m0/s1. The highest BCUT2D eigenvalue weighted by molar-refractivity contribution is 9.10. The molecule has 0 aliphatic rings. The maximum Gasteiger partial charge on any atom is 0.251 e. The average Bonchev–Trinajstić information content (AvgIpc) is 2.37. The molecule has 5 heteroatoms. The Morgan fingerprint density at radius 1 is 1.30 bits per heavy atom. The molecule has 0 spiro atoms. The number of anilines is 1. The molecule has 0 saturated heterocycles. The number of hydrogen-bond acceptors (Lipinski definition) is 2. The largest absolute Gasteiger partial charge is 0.399 e. The molecule has 104 valence electrons. The van der Waals surface area contributed by atoms with Crippen molar-refractivity contribution >= 4 is 27.5 Å². The first-order valence-electron chi connectivity index (χ1n) is 6.08. The molecule has 3 N–H and O–H groups in total. The minimum absolute atomic E-state index is 0.255. The van der Waals surface area contributed by atoms with Gasteiger partial charge in [-0.15, -0.1) is 0 Å². The van der Waals surface area contributed by atoms with E-state index in [2.05, 4.69) is 21.2 Å². The molecule has 0 fully saturated rings. The fourth-order valence-corrected chi connectivity index (χ4v) is 2.39. The van der Waals surface area contributed by atoms with Crippen LogP contribution in [0.4, 0.5) is 10.1 Å². The van der Waals surface area contributed by atoms with E-state index in [1.165, 1.54) is 12.1 Å².